The summed E-state index contributed by atoms with van der Waals surface area (Å²) in [6, 6.07) is 3.32. The third-order valence-corrected chi connectivity index (χ3v) is 4.50. The monoisotopic (exact) mass is 385 g/mol. The normalized spacial score (nSPS) is 16.3. The lowest BCUT2D eigenvalue weighted by Gasteiger charge is -2.33. The number of rotatable bonds is 2. The smallest absolute Gasteiger partial charge is 0.336 e. The van der Waals surface area contributed by atoms with Crippen molar-refractivity contribution in [1.29, 1.82) is 5.26 Å². The van der Waals surface area contributed by atoms with Crippen molar-refractivity contribution in [2.75, 3.05) is 39.5 Å². The van der Waals surface area contributed by atoms with E-state index < -0.39 is 17.6 Å². The van der Waals surface area contributed by atoms with Gasteiger partial charge in [0.1, 0.15) is 0 Å². The van der Waals surface area contributed by atoms with Crippen molar-refractivity contribution in [2.45, 2.75) is 6.18 Å². The number of amidine groups is 1. The summed E-state index contributed by atoms with van der Waals surface area (Å²) in [6.45, 7) is 2.00. The third kappa shape index (κ3) is 4.89. The van der Waals surface area contributed by atoms with Crippen LogP contribution in [0.3, 0.4) is 0 Å². The summed E-state index contributed by atoms with van der Waals surface area (Å²) < 4.78 is 40.5. The number of hydrogen-bond donors (Lipinski definition) is 1. The minimum Gasteiger partial charge on any atom is -0.336 e. The van der Waals surface area contributed by atoms with Gasteiger partial charge in [-0.05, 0) is 31.5 Å². The molecule has 1 aromatic carbocycles. The first kappa shape index (κ1) is 20.1. The summed E-state index contributed by atoms with van der Waals surface area (Å²) in [4.78, 5) is 20.0. The summed E-state index contributed by atoms with van der Waals surface area (Å²) in [5.74, 6) is -0.638. The second-order valence-electron chi connectivity index (χ2n) is 5.68. The number of nitrogens with one attached hydrogen (secondary N) is 1. The molecule has 0 radical (unpaired) electrons. The van der Waals surface area contributed by atoms with Crippen LogP contribution in [0.25, 0.3) is 0 Å². The Labute approximate surface area is 153 Å². The van der Waals surface area contributed by atoms with Crippen LogP contribution >= 0.6 is 11.8 Å². The zero-order valence-electron chi connectivity index (χ0n) is 14.3. The first-order valence-corrected chi connectivity index (χ1v) is 8.95. The van der Waals surface area contributed by atoms with Crippen LogP contribution in [0.5, 0.6) is 0 Å². The van der Waals surface area contributed by atoms with Gasteiger partial charge in [-0.1, -0.05) is 11.8 Å². The summed E-state index contributed by atoms with van der Waals surface area (Å²) in [5.41, 5.74) is -1.40. The number of carbonyl (C=O) groups is 1. The summed E-state index contributed by atoms with van der Waals surface area (Å²) in [5, 5.41) is 11.1. The van der Waals surface area contributed by atoms with E-state index in [4.69, 9.17) is 5.26 Å². The Bertz CT molecular complexity index is 736. The van der Waals surface area contributed by atoms with Gasteiger partial charge < -0.3 is 9.80 Å². The maximum absolute atomic E-state index is 13.5. The fourth-order valence-electron chi connectivity index (χ4n) is 2.49. The van der Waals surface area contributed by atoms with E-state index in [-0.39, 0.29) is 16.4 Å². The molecule has 0 atom stereocenters. The van der Waals surface area contributed by atoms with Gasteiger partial charge in [0.05, 0.1) is 16.8 Å². The highest BCUT2D eigenvalue weighted by Gasteiger charge is 2.37. The molecule has 140 valence electrons. The van der Waals surface area contributed by atoms with Crippen LogP contribution in [0.15, 0.2) is 23.2 Å². The van der Waals surface area contributed by atoms with Crippen LogP contribution in [0.2, 0.25) is 0 Å². The Morgan fingerprint density at radius 3 is 2.50 bits per heavy atom. The molecule has 1 aliphatic rings. The lowest BCUT2D eigenvalue weighted by atomic mass is 10.0. The lowest BCUT2D eigenvalue weighted by molar-refractivity contribution is -0.138. The number of alkyl halides is 3. The average Bonchev–Trinajstić information content (AvgIpc) is 2.60. The molecule has 1 saturated heterocycles. The van der Waals surface area contributed by atoms with Crippen LogP contribution < -0.4 is 5.32 Å². The molecule has 0 bridgehead atoms. The van der Waals surface area contributed by atoms with Gasteiger partial charge in [0.15, 0.2) is 11.4 Å². The third-order valence-electron chi connectivity index (χ3n) is 3.92. The second kappa shape index (κ2) is 8.42. The van der Waals surface area contributed by atoms with E-state index in [1.165, 1.54) is 11.0 Å². The van der Waals surface area contributed by atoms with E-state index in [0.29, 0.717) is 26.2 Å². The van der Waals surface area contributed by atoms with Crippen LogP contribution in [0.1, 0.15) is 15.9 Å². The Balaban J connectivity index is 2.38. The van der Waals surface area contributed by atoms with E-state index in [1.807, 2.05) is 11.9 Å². The van der Waals surface area contributed by atoms with E-state index in [9.17, 15) is 18.0 Å². The minimum absolute atomic E-state index is 0.0133. The largest absolute Gasteiger partial charge is 0.417 e. The van der Waals surface area contributed by atoms with E-state index >= 15 is 0 Å². The first-order valence-electron chi connectivity index (χ1n) is 7.73. The minimum atomic E-state index is -4.69. The van der Waals surface area contributed by atoms with Gasteiger partial charge in [-0.3, -0.25) is 10.1 Å². The van der Waals surface area contributed by atoms with Crippen molar-refractivity contribution in [3.8, 4) is 6.19 Å². The quantitative estimate of drug-likeness (QED) is 0.367. The highest BCUT2D eigenvalue weighted by Crippen LogP contribution is 2.35. The maximum Gasteiger partial charge on any atom is 0.417 e. The predicted octanol–water partition coefficient (Wildman–Crippen LogP) is 2.51. The van der Waals surface area contributed by atoms with E-state index in [2.05, 4.69) is 10.3 Å². The number of thioether (sulfide) groups is 1. The van der Waals surface area contributed by atoms with Gasteiger partial charge in [-0.25, -0.2) is 4.99 Å². The lowest BCUT2D eigenvalue weighted by Crippen LogP contribution is -2.47. The van der Waals surface area contributed by atoms with Crippen molar-refractivity contribution in [3.63, 3.8) is 0 Å². The molecule has 1 aliphatic heterocycles. The molecule has 0 spiro atoms. The zero-order chi connectivity index (χ0) is 19.3. The SMILES string of the molecule is CSC(=Nc1ccc(C(=O)N2CCN(C)CC2)c(C(F)(F)F)c1)NC#N. The van der Waals surface area contributed by atoms with Crippen LogP contribution in [0, 0.1) is 11.5 Å². The zero-order valence-corrected chi connectivity index (χ0v) is 15.1. The van der Waals surface area contributed by atoms with Crippen molar-refractivity contribution in [1.82, 2.24) is 15.1 Å². The number of likely N-dealkylation sites (N-methyl/N-ethyl adjacent to an activating group) is 1. The number of aliphatic imine (C=N–C) groups is 1. The molecule has 1 amide bonds. The number of piperazine rings is 1. The van der Waals surface area contributed by atoms with Crippen LogP contribution in [0.4, 0.5) is 18.9 Å². The van der Waals surface area contributed by atoms with Gasteiger partial charge in [0.25, 0.3) is 5.91 Å². The van der Waals surface area contributed by atoms with Crippen molar-refractivity contribution in [3.05, 3.63) is 29.3 Å². The molecular formula is C16H18F3N5OS. The number of nitriles is 1. The second-order valence-corrected chi connectivity index (χ2v) is 6.48. The van der Waals surface area contributed by atoms with Gasteiger partial charge in [-0.15, -0.1) is 0 Å². The fraction of sp³-hybridized carbons (Fsp3) is 0.438. The van der Waals surface area contributed by atoms with Gasteiger partial charge >= 0.3 is 6.18 Å². The van der Waals surface area contributed by atoms with Gasteiger partial charge in [0, 0.05) is 26.2 Å². The van der Waals surface area contributed by atoms with Crippen molar-refractivity contribution in [2.24, 2.45) is 4.99 Å². The maximum atomic E-state index is 13.5. The van der Waals surface area contributed by atoms with Crippen molar-refractivity contribution < 1.29 is 18.0 Å². The summed E-state index contributed by atoms with van der Waals surface area (Å²) >= 11 is 1.09. The number of amides is 1. The summed E-state index contributed by atoms with van der Waals surface area (Å²) in [6.07, 6.45) is -1.38. The molecule has 1 N–H and O–H groups in total. The molecule has 0 aliphatic carbocycles. The Morgan fingerprint density at radius 1 is 1.31 bits per heavy atom. The average molecular weight is 385 g/mol. The molecular weight excluding hydrogens is 367 g/mol. The van der Waals surface area contributed by atoms with Crippen LogP contribution in [-0.2, 0) is 6.18 Å². The Kier molecular flexibility index (Phi) is 6.50. The molecule has 2 rings (SSSR count). The first-order chi connectivity index (χ1) is 12.3. The molecule has 1 fully saturated rings. The highest BCUT2D eigenvalue weighted by molar-refractivity contribution is 8.13. The summed E-state index contributed by atoms with van der Waals surface area (Å²) in [7, 11) is 1.90. The number of benzene rings is 1. The number of carbonyl (C=O) groups excluding carboxylic acids is 1. The fourth-order valence-corrected chi connectivity index (χ4v) is 2.84. The molecule has 1 heterocycles. The van der Waals surface area contributed by atoms with Crippen molar-refractivity contribution >= 4 is 28.5 Å². The predicted molar refractivity (Wildman–Crippen MR) is 94.2 cm³/mol. The van der Waals surface area contributed by atoms with E-state index in [1.54, 1.807) is 12.4 Å². The molecule has 6 nitrogen and oxygen atoms in total. The number of hydrogen-bond acceptors (Lipinski definition) is 5. The number of nitrogens with zero attached hydrogens (tertiary/aromatic N) is 4. The standard InChI is InChI=1S/C16H18F3N5OS/c1-23-5-7-24(8-6-23)14(25)12-4-3-11(9-13(12)16(17,18)19)22-15(26-2)21-10-20/h3-4,9H,5-8H2,1-2H3,(H,21,22). The van der Waals surface area contributed by atoms with E-state index in [0.717, 1.165) is 23.9 Å². The molecule has 0 aromatic heterocycles. The van der Waals surface area contributed by atoms with Gasteiger partial charge in [-0.2, -0.15) is 18.4 Å². The van der Waals surface area contributed by atoms with Crippen LogP contribution in [-0.4, -0.2) is 60.4 Å². The Morgan fingerprint density at radius 2 is 1.96 bits per heavy atom. The molecule has 10 heteroatoms. The number of halogens is 3. The molecule has 0 unspecified atom stereocenters. The van der Waals surface area contributed by atoms with Gasteiger partial charge in [0.2, 0.25) is 0 Å². The Hall–Kier alpha value is -2.25. The topological polar surface area (TPSA) is 71.7 Å². The molecule has 1 aromatic rings. The highest BCUT2D eigenvalue weighted by atomic mass is 32.2. The molecule has 0 saturated carbocycles. The molecule has 26 heavy (non-hydrogen) atoms.